The van der Waals surface area contributed by atoms with Gasteiger partial charge in [-0.2, -0.15) is 5.10 Å². The lowest BCUT2D eigenvalue weighted by molar-refractivity contribution is -0.123. The molecule has 22 heavy (non-hydrogen) atoms. The first-order chi connectivity index (χ1) is 10.4. The second-order valence-corrected chi connectivity index (χ2v) is 6.79. The van der Waals surface area contributed by atoms with Crippen LogP contribution in [0.1, 0.15) is 40.0 Å². The fourth-order valence-corrected chi connectivity index (χ4v) is 3.08. The number of carbonyl (C=O) groups is 1. The van der Waals surface area contributed by atoms with Crippen molar-refractivity contribution in [3.05, 3.63) is 30.1 Å². The number of benzene rings is 1. The van der Waals surface area contributed by atoms with Crippen LogP contribution < -0.4 is 10.2 Å². The van der Waals surface area contributed by atoms with E-state index in [1.54, 1.807) is 12.1 Å². The van der Waals surface area contributed by atoms with Gasteiger partial charge in [-0.1, -0.05) is 32.9 Å². The lowest BCUT2D eigenvalue weighted by atomic mass is 9.72. The largest absolute Gasteiger partial charge is 0.481 e. The van der Waals surface area contributed by atoms with Gasteiger partial charge in [-0.05, 0) is 42.7 Å². The maximum absolute atomic E-state index is 13.4. The van der Waals surface area contributed by atoms with Gasteiger partial charge in [-0.3, -0.25) is 4.79 Å². The smallest absolute Gasteiger partial charge is 0.277 e. The van der Waals surface area contributed by atoms with Crippen LogP contribution in [-0.2, 0) is 4.79 Å². The van der Waals surface area contributed by atoms with Crippen LogP contribution in [0, 0.1) is 17.2 Å². The van der Waals surface area contributed by atoms with Crippen molar-refractivity contribution in [2.45, 2.75) is 40.0 Å². The predicted molar refractivity (Wildman–Crippen MR) is 84.3 cm³/mol. The molecule has 0 radical (unpaired) electrons. The number of carbonyl (C=O) groups excluding carboxylic acids is 1. The van der Waals surface area contributed by atoms with E-state index in [0.29, 0.717) is 5.92 Å². The lowest BCUT2D eigenvalue weighted by Gasteiger charge is -2.34. The van der Waals surface area contributed by atoms with Gasteiger partial charge in [0, 0.05) is 5.71 Å². The molecule has 0 heterocycles. The highest BCUT2D eigenvalue weighted by Crippen LogP contribution is 2.36. The molecule has 1 aromatic carbocycles. The van der Waals surface area contributed by atoms with Crippen LogP contribution in [0.5, 0.6) is 5.75 Å². The maximum atomic E-state index is 13.4. The molecule has 1 fully saturated rings. The molecule has 0 unspecified atom stereocenters. The van der Waals surface area contributed by atoms with Gasteiger partial charge < -0.3 is 4.74 Å². The molecule has 1 aliphatic rings. The zero-order valence-electron chi connectivity index (χ0n) is 13.4. The summed E-state index contributed by atoms with van der Waals surface area (Å²) in [4.78, 5) is 11.7. The quantitative estimate of drug-likeness (QED) is 0.865. The molecule has 0 spiro atoms. The fourth-order valence-electron chi connectivity index (χ4n) is 3.08. The lowest BCUT2D eigenvalue weighted by Crippen LogP contribution is -2.31. The highest BCUT2D eigenvalue weighted by Gasteiger charge is 2.29. The van der Waals surface area contributed by atoms with Crippen molar-refractivity contribution in [2.75, 3.05) is 6.61 Å². The summed E-state index contributed by atoms with van der Waals surface area (Å²) in [5.74, 6) is -0.233. The molecule has 1 aromatic rings. The SMILES string of the molecule is C[C@H]1C/C(=N/NC(=O)COc2ccccc2F)CC(C)(C)C1. The van der Waals surface area contributed by atoms with Gasteiger partial charge in [0.25, 0.3) is 5.91 Å². The number of hydrazone groups is 1. The van der Waals surface area contributed by atoms with Crippen LogP contribution in [0.3, 0.4) is 0 Å². The van der Waals surface area contributed by atoms with Gasteiger partial charge in [0.1, 0.15) is 0 Å². The number of hydrogen-bond donors (Lipinski definition) is 1. The molecular weight excluding hydrogens is 283 g/mol. The number of nitrogens with one attached hydrogen (secondary N) is 1. The van der Waals surface area contributed by atoms with Gasteiger partial charge in [-0.15, -0.1) is 0 Å². The summed E-state index contributed by atoms with van der Waals surface area (Å²) >= 11 is 0. The third-order valence-corrected chi connectivity index (χ3v) is 3.70. The molecule has 1 atom stereocenters. The molecule has 1 aliphatic carbocycles. The van der Waals surface area contributed by atoms with Crippen LogP contribution >= 0.6 is 0 Å². The first-order valence-corrected chi connectivity index (χ1v) is 7.57. The number of para-hydroxylation sites is 1. The first kappa shape index (κ1) is 16.5. The Kier molecular flexibility index (Phi) is 5.16. The van der Waals surface area contributed by atoms with E-state index in [9.17, 15) is 9.18 Å². The monoisotopic (exact) mass is 306 g/mol. The second kappa shape index (κ2) is 6.90. The minimum atomic E-state index is -0.482. The minimum Gasteiger partial charge on any atom is -0.481 e. The van der Waals surface area contributed by atoms with Crippen LogP contribution in [-0.4, -0.2) is 18.2 Å². The topological polar surface area (TPSA) is 50.7 Å². The molecule has 0 aliphatic heterocycles. The third kappa shape index (κ3) is 4.83. The molecule has 0 aromatic heterocycles. The molecular formula is C17H23FN2O2. The highest BCUT2D eigenvalue weighted by atomic mass is 19.1. The van der Waals surface area contributed by atoms with Gasteiger partial charge in [0.2, 0.25) is 0 Å². The molecule has 2 rings (SSSR count). The number of amides is 1. The van der Waals surface area contributed by atoms with E-state index in [4.69, 9.17) is 4.74 Å². The van der Waals surface area contributed by atoms with Crippen molar-refractivity contribution in [2.24, 2.45) is 16.4 Å². The summed E-state index contributed by atoms with van der Waals surface area (Å²) in [5.41, 5.74) is 3.72. The molecule has 5 heteroatoms. The minimum absolute atomic E-state index is 0.0673. The number of hydrogen-bond acceptors (Lipinski definition) is 3. The molecule has 4 nitrogen and oxygen atoms in total. The van der Waals surface area contributed by atoms with Gasteiger partial charge >= 0.3 is 0 Å². The average Bonchev–Trinajstić information content (AvgIpc) is 2.42. The number of nitrogens with zero attached hydrogens (tertiary/aromatic N) is 1. The Labute approximate surface area is 130 Å². The van der Waals surface area contributed by atoms with Crippen LogP contribution in [0.2, 0.25) is 0 Å². The zero-order chi connectivity index (χ0) is 16.2. The second-order valence-electron chi connectivity index (χ2n) is 6.79. The summed E-state index contributed by atoms with van der Waals surface area (Å²) < 4.78 is 18.5. The fraction of sp³-hybridized carbons (Fsp3) is 0.529. The molecule has 0 saturated heterocycles. The summed E-state index contributed by atoms with van der Waals surface area (Å²) in [5, 5.41) is 4.21. The number of ether oxygens (including phenoxy) is 1. The Morgan fingerprint density at radius 1 is 1.45 bits per heavy atom. The summed E-state index contributed by atoms with van der Waals surface area (Å²) in [6, 6.07) is 6.00. The molecule has 1 N–H and O–H groups in total. The van der Waals surface area contributed by atoms with Crippen molar-refractivity contribution in [1.29, 1.82) is 0 Å². The first-order valence-electron chi connectivity index (χ1n) is 7.57. The van der Waals surface area contributed by atoms with Crippen molar-refractivity contribution < 1.29 is 13.9 Å². The van der Waals surface area contributed by atoms with Gasteiger partial charge in [0.15, 0.2) is 18.2 Å². The summed E-state index contributed by atoms with van der Waals surface area (Å²) in [6.45, 7) is 6.36. The Morgan fingerprint density at radius 3 is 2.86 bits per heavy atom. The summed E-state index contributed by atoms with van der Waals surface area (Å²) in [7, 11) is 0. The Bertz CT molecular complexity index is 570. The van der Waals surface area contributed by atoms with Crippen LogP contribution in [0.4, 0.5) is 4.39 Å². The van der Waals surface area contributed by atoms with E-state index in [-0.39, 0.29) is 23.7 Å². The Balaban J connectivity index is 1.85. The molecule has 1 amide bonds. The van der Waals surface area contributed by atoms with E-state index < -0.39 is 5.82 Å². The predicted octanol–water partition coefficient (Wildman–Crippen LogP) is 3.52. The van der Waals surface area contributed by atoms with E-state index >= 15 is 0 Å². The van der Waals surface area contributed by atoms with Crippen molar-refractivity contribution in [1.82, 2.24) is 5.43 Å². The molecule has 120 valence electrons. The normalized spacial score (nSPS) is 22.4. The third-order valence-electron chi connectivity index (χ3n) is 3.70. The van der Waals surface area contributed by atoms with Crippen molar-refractivity contribution >= 4 is 11.6 Å². The van der Waals surface area contributed by atoms with E-state index in [1.807, 2.05) is 0 Å². The van der Waals surface area contributed by atoms with Gasteiger partial charge in [0.05, 0.1) is 0 Å². The standard InChI is InChI=1S/C17H23FN2O2/c1-12-8-13(10-17(2,3)9-12)19-20-16(21)11-22-15-7-5-4-6-14(15)18/h4-7,12H,8-11H2,1-3H3,(H,20,21)/b19-13-/t12-/m0/s1. The molecule has 1 saturated carbocycles. The van der Waals surface area contributed by atoms with E-state index in [1.165, 1.54) is 12.1 Å². The zero-order valence-corrected chi connectivity index (χ0v) is 13.4. The molecule has 0 bridgehead atoms. The Hall–Kier alpha value is -1.91. The average molecular weight is 306 g/mol. The van der Waals surface area contributed by atoms with Gasteiger partial charge in [-0.25, -0.2) is 9.82 Å². The number of halogens is 1. The van der Waals surface area contributed by atoms with E-state index in [0.717, 1.165) is 25.0 Å². The highest BCUT2D eigenvalue weighted by molar-refractivity contribution is 5.87. The van der Waals surface area contributed by atoms with Crippen molar-refractivity contribution in [3.8, 4) is 5.75 Å². The maximum Gasteiger partial charge on any atom is 0.277 e. The van der Waals surface area contributed by atoms with Crippen molar-refractivity contribution in [3.63, 3.8) is 0 Å². The Morgan fingerprint density at radius 2 is 2.18 bits per heavy atom. The van der Waals surface area contributed by atoms with Crippen LogP contribution in [0.25, 0.3) is 0 Å². The van der Waals surface area contributed by atoms with E-state index in [2.05, 4.69) is 31.3 Å². The summed E-state index contributed by atoms with van der Waals surface area (Å²) in [6.07, 6.45) is 2.94. The van der Waals surface area contributed by atoms with Crippen LogP contribution in [0.15, 0.2) is 29.4 Å². The number of rotatable bonds is 4.